The third-order valence-corrected chi connectivity index (χ3v) is 4.39. The monoisotopic (exact) mass is 302 g/mol. The molecular formula is C13H19ClN2O2S. The Morgan fingerprint density at radius 3 is 2.58 bits per heavy atom. The van der Waals surface area contributed by atoms with E-state index in [1.807, 2.05) is 24.3 Å². The maximum atomic E-state index is 11.6. The second-order valence-electron chi connectivity index (χ2n) is 5.24. The SMILES string of the molecule is CS(=O)(=O)NC1(Cc2ccc(Cl)cc2)CCCNC1. The molecule has 0 bridgehead atoms. The minimum absolute atomic E-state index is 0.431. The molecule has 1 unspecified atom stereocenters. The van der Waals surface area contributed by atoms with Gasteiger partial charge in [-0.1, -0.05) is 23.7 Å². The van der Waals surface area contributed by atoms with Crippen molar-refractivity contribution in [2.45, 2.75) is 24.8 Å². The second-order valence-corrected chi connectivity index (χ2v) is 7.42. The smallest absolute Gasteiger partial charge is 0.209 e. The maximum absolute atomic E-state index is 11.6. The van der Waals surface area contributed by atoms with E-state index in [-0.39, 0.29) is 0 Å². The van der Waals surface area contributed by atoms with E-state index >= 15 is 0 Å². The van der Waals surface area contributed by atoms with Gasteiger partial charge < -0.3 is 5.32 Å². The molecule has 1 aliphatic heterocycles. The number of benzene rings is 1. The molecule has 1 fully saturated rings. The molecule has 19 heavy (non-hydrogen) atoms. The average molecular weight is 303 g/mol. The summed E-state index contributed by atoms with van der Waals surface area (Å²) >= 11 is 5.87. The molecule has 0 radical (unpaired) electrons. The third kappa shape index (κ3) is 4.45. The Bertz CT molecular complexity index is 522. The van der Waals surface area contributed by atoms with Crippen molar-refractivity contribution in [3.05, 3.63) is 34.9 Å². The Balaban J connectivity index is 2.20. The molecule has 4 nitrogen and oxygen atoms in total. The van der Waals surface area contributed by atoms with Crippen molar-refractivity contribution in [3.63, 3.8) is 0 Å². The summed E-state index contributed by atoms with van der Waals surface area (Å²) in [6.07, 6.45) is 3.70. The van der Waals surface area contributed by atoms with Gasteiger partial charge in [0.15, 0.2) is 0 Å². The Morgan fingerprint density at radius 1 is 1.37 bits per heavy atom. The van der Waals surface area contributed by atoms with E-state index in [4.69, 9.17) is 11.6 Å². The molecule has 1 atom stereocenters. The lowest BCUT2D eigenvalue weighted by atomic mass is 9.85. The Hall–Kier alpha value is -0.620. The molecule has 0 spiro atoms. The summed E-state index contributed by atoms with van der Waals surface area (Å²) in [6.45, 7) is 1.59. The normalized spacial score (nSPS) is 24.3. The topological polar surface area (TPSA) is 58.2 Å². The molecule has 2 N–H and O–H groups in total. The maximum Gasteiger partial charge on any atom is 0.209 e. The van der Waals surface area contributed by atoms with E-state index < -0.39 is 15.6 Å². The van der Waals surface area contributed by atoms with Gasteiger partial charge in [-0.25, -0.2) is 13.1 Å². The fourth-order valence-electron chi connectivity index (χ4n) is 2.63. The van der Waals surface area contributed by atoms with E-state index in [1.165, 1.54) is 6.26 Å². The van der Waals surface area contributed by atoms with Crippen molar-refractivity contribution in [1.29, 1.82) is 0 Å². The quantitative estimate of drug-likeness (QED) is 0.887. The van der Waals surface area contributed by atoms with Crippen molar-refractivity contribution in [1.82, 2.24) is 10.0 Å². The molecule has 0 amide bonds. The van der Waals surface area contributed by atoms with Gasteiger partial charge in [-0.2, -0.15) is 0 Å². The zero-order chi connectivity index (χ0) is 13.9. The lowest BCUT2D eigenvalue weighted by molar-refractivity contribution is 0.285. The molecule has 0 saturated carbocycles. The Morgan fingerprint density at radius 2 is 2.05 bits per heavy atom. The zero-order valence-electron chi connectivity index (χ0n) is 10.9. The number of halogens is 1. The largest absolute Gasteiger partial charge is 0.315 e. The molecule has 0 aliphatic carbocycles. The van der Waals surface area contributed by atoms with Crippen LogP contribution in [0.3, 0.4) is 0 Å². The van der Waals surface area contributed by atoms with Gasteiger partial charge >= 0.3 is 0 Å². The lowest BCUT2D eigenvalue weighted by Gasteiger charge is -2.38. The average Bonchev–Trinajstić information content (AvgIpc) is 2.31. The fraction of sp³-hybridized carbons (Fsp3) is 0.538. The summed E-state index contributed by atoms with van der Waals surface area (Å²) < 4.78 is 26.0. The van der Waals surface area contributed by atoms with E-state index in [2.05, 4.69) is 10.0 Å². The summed E-state index contributed by atoms with van der Waals surface area (Å²) in [6, 6.07) is 7.56. The van der Waals surface area contributed by atoms with Crippen LogP contribution in [-0.2, 0) is 16.4 Å². The highest BCUT2D eigenvalue weighted by Gasteiger charge is 2.34. The van der Waals surface area contributed by atoms with Gasteiger partial charge in [-0.15, -0.1) is 0 Å². The van der Waals surface area contributed by atoms with Crippen molar-refractivity contribution < 1.29 is 8.42 Å². The van der Waals surface area contributed by atoms with E-state index in [1.54, 1.807) is 0 Å². The highest BCUT2D eigenvalue weighted by Crippen LogP contribution is 2.23. The van der Waals surface area contributed by atoms with Gasteiger partial charge in [0.05, 0.1) is 6.26 Å². The fourth-order valence-corrected chi connectivity index (χ4v) is 3.79. The molecule has 0 aromatic heterocycles. The first kappa shape index (κ1) is 14.8. The van der Waals surface area contributed by atoms with Gasteiger partial charge in [-0.3, -0.25) is 0 Å². The number of piperidine rings is 1. The molecule has 2 rings (SSSR count). The van der Waals surface area contributed by atoms with E-state index in [0.29, 0.717) is 18.0 Å². The van der Waals surface area contributed by atoms with Gasteiger partial charge in [0.25, 0.3) is 0 Å². The van der Waals surface area contributed by atoms with Crippen molar-refractivity contribution in [3.8, 4) is 0 Å². The number of hydrogen-bond donors (Lipinski definition) is 2. The first-order valence-electron chi connectivity index (χ1n) is 6.33. The van der Waals surface area contributed by atoms with Crippen LogP contribution in [0.5, 0.6) is 0 Å². The van der Waals surface area contributed by atoms with Crippen LogP contribution >= 0.6 is 11.6 Å². The highest BCUT2D eigenvalue weighted by molar-refractivity contribution is 7.88. The number of sulfonamides is 1. The molecule has 1 aromatic carbocycles. The van der Waals surface area contributed by atoms with Crippen LogP contribution in [0.4, 0.5) is 0 Å². The minimum atomic E-state index is -3.23. The van der Waals surface area contributed by atoms with Gasteiger partial charge in [-0.05, 0) is 43.5 Å². The van der Waals surface area contributed by atoms with Crippen molar-refractivity contribution in [2.75, 3.05) is 19.3 Å². The van der Waals surface area contributed by atoms with Crippen LogP contribution in [-0.4, -0.2) is 33.3 Å². The Labute approximate surface area is 119 Å². The van der Waals surface area contributed by atoms with Crippen LogP contribution in [0.15, 0.2) is 24.3 Å². The Kier molecular flexibility index (Phi) is 4.50. The predicted molar refractivity (Wildman–Crippen MR) is 78.0 cm³/mol. The highest BCUT2D eigenvalue weighted by atomic mass is 35.5. The summed E-state index contributed by atoms with van der Waals surface area (Å²) in [7, 11) is -3.23. The van der Waals surface area contributed by atoms with Crippen LogP contribution in [0.1, 0.15) is 18.4 Å². The van der Waals surface area contributed by atoms with Gasteiger partial charge in [0, 0.05) is 17.1 Å². The molecule has 1 aliphatic rings. The molecule has 6 heteroatoms. The first-order valence-corrected chi connectivity index (χ1v) is 8.60. The standard InChI is InChI=1S/C13H19ClN2O2S/c1-19(17,18)16-13(7-2-8-15-10-13)9-11-3-5-12(14)6-4-11/h3-6,15-16H,2,7-10H2,1H3. The van der Waals surface area contributed by atoms with Gasteiger partial charge in [0.1, 0.15) is 0 Å². The molecule has 1 saturated heterocycles. The molecular weight excluding hydrogens is 284 g/mol. The lowest BCUT2D eigenvalue weighted by Crippen LogP contribution is -2.58. The van der Waals surface area contributed by atoms with E-state index in [0.717, 1.165) is 24.9 Å². The first-order chi connectivity index (χ1) is 8.89. The van der Waals surface area contributed by atoms with Crippen LogP contribution < -0.4 is 10.0 Å². The number of nitrogens with one attached hydrogen (secondary N) is 2. The van der Waals surface area contributed by atoms with Crippen LogP contribution in [0.25, 0.3) is 0 Å². The summed E-state index contributed by atoms with van der Waals surface area (Å²) in [5.41, 5.74) is 0.656. The number of hydrogen-bond acceptors (Lipinski definition) is 3. The second kappa shape index (κ2) is 5.79. The summed E-state index contributed by atoms with van der Waals surface area (Å²) in [5, 5.41) is 3.97. The van der Waals surface area contributed by atoms with Crippen molar-refractivity contribution >= 4 is 21.6 Å². The summed E-state index contributed by atoms with van der Waals surface area (Å²) in [4.78, 5) is 0. The molecule has 1 heterocycles. The van der Waals surface area contributed by atoms with Crippen LogP contribution in [0.2, 0.25) is 5.02 Å². The number of rotatable bonds is 4. The third-order valence-electron chi connectivity index (χ3n) is 3.33. The molecule has 106 valence electrons. The van der Waals surface area contributed by atoms with Gasteiger partial charge in [0.2, 0.25) is 10.0 Å². The van der Waals surface area contributed by atoms with E-state index in [9.17, 15) is 8.42 Å². The predicted octanol–water partition coefficient (Wildman–Crippen LogP) is 1.55. The molecule has 1 aromatic rings. The minimum Gasteiger partial charge on any atom is -0.315 e. The zero-order valence-corrected chi connectivity index (χ0v) is 12.5. The summed E-state index contributed by atoms with van der Waals surface area (Å²) in [5.74, 6) is 0. The van der Waals surface area contributed by atoms with Crippen LogP contribution in [0, 0.1) is 0 Å². The van der Waals surface area contributed by atoms with Crippen molar-refractivity contribution in [2.24, 2.45) is 0 Å².